The van der Waals surface area contributed by atoms with Gasteiger partial charge >= 0.3 is 0 Å². The second-order valence-corrected chi connectivity index (χ2v) is 17.1. The molecule has 312 valence electrons. The lowest BCUT2D eigenvalue weighted by molar-refractivity contribution is 0.622. The van der Waals surface area contributed by atoms with Crippen molar-refractivity contribution in [1.29, 1.82) is 0 Å². The van der Waals surface area contributed by atoms with Crippen molar-refractivity contribution in [2.75, 3.05) is 4.90 Å². The topological polar surface area (TPSA) is 3.24 Å². The fourth-order valence-electron chi connectivity index (χ4n) is 10.6. The van der Waals surface area contributed by atoms with E-state index in [1.807, 2.05) is 24.3 Å². The van der Waals surface area contributed by atoms with Crippen LogP contribution in [0.1, 0.15) is 22.3 Å². The van der Waals surface area contributed by atoms with Crippen molar-refractivity contribution in [1.82, 2.24) is 0 Å². The highest BCUT2D eigenvalue weighted by molar-refractivity contribution is 6.13. The van der Waals surface area contributed by atoms with Crippen LogP contribution in [0.5, 0.6) is 0 Å². The number of rotatable bonds is 8. The van der Waals surface area contributed by atoms with Gasteiger partial charge in [-0.3, -0.25) is 0 Å². The van der Waals surface area contributed by atoms with Crippen LogP contribution in [0.4, 0.5) is 25.8 Å². The zero-order valence-corrected chi connectivity index (χ0v) is 35.9. The van der Waals surface area contributed by atoms with E-state index in [2.05, 4.69) is 205 Å². The predicted molar refractivity (Wildman–Crippen MR) is 270 cm³/mol. The summed E-state index contributed by atoms with van der Waals surface area (Å²) < 4.78 is 29.5. The van der Waals surface area contributed by atoms with E-state index in [0.717, 1.165) is 83.8 Å². The van der Waals surface area contributed by atoms with E-state index >= 15 is 0 Å². The average Bonchev–Trinajstić information content (AvgIpc) is 3.68. The van der Waals surface area contributed by atoms with Crippen molar-refractivity contribution in [2.24, 2.45) is 0 Å². The molecule has 0 saturated heterocycles. The Labute approximate surface area is 383 Å². The molecule has 11 aromatic carbocycles. The lowest BCUT2D eigenvalue weighted by Crippen LogP contribution is -2.29. The van der Waals surface area contributed by atoms with Crippen LogP contribution in [0.3, 0.4) is 0 Å². The number of hydrogen-bond donors (Lipinski definition) is 0. The minimum atomic E-state index is -0.849. The SMILES string of the molecule is Fc1ccc(C2(c3ccc(F)cc3)c3ccccc3-c3cccc(-c4cccc(-c5cccc(N(c6cccc(-c7ccccc7)c6)c6cccc7c6ccc6ccccc67)c5)c4)c32)cc1. The Bertz CT molecular complexity index is 3570. The van der Waals surface area contributed by atoms with Crippen LogP contribution in [0, 0.1) is 11.6 Å². The highest BCUT2D eigenvalue weighted by atomic mass is 19.1. The molecule has 0 N–H and O–H groups in total. The third-order valence-corrected chi connectivity index (χ3v) is 13.4. The molecule has 11 aromatic rings. The first-order valence-electron chi connectivity index (χ1n) is 22.4. The Morgan fingerprint density at radius 3 is 1.56 bits per heavy atom. The van der Waals surface area contributed by atoms with Gasteiger partial charge < -0.3 is 4.90 Å². The minimum Gasteiger partial charge on any atom is -0.310 e. The first-order valence-corrected chi connectivity index (χ1v) is 22.4. The van der Waals surface area contributed by atoms with Gasteiger partial charge in [-0.25, -0.2) is 8.78 Å². The highest BCUT2D eigenvalue weighted by Gasteiger charge is 2.47. The lowest BCUT2D eigenvalue weighted by Gasteiger charge is -2.35. The van der Waals surface area contributed by atoms with E-state index in [-0.39, 0.29) is 11.6 Å². The Kier molecular flexibility index (Phi) is 9.50. The Morgan fingerprint density at radius 2 is 0.833 bits per heavy atom. The fraction of sp³-hybridized carbons (Fsp3) is 0.0159. The summed E-state index contributed by atoms with van der Waals surface area (Å²) in [6.07, 6.45) is 0. The van der Waals surface area contributed by atoms with Crippen LogP contribution in [-0.2, 0) is 5.41 Å². The van der Waals surface area contributed by atoms with Gasteiger partial charge in [0.05, 0.1) is 11.1 Å². The maximum atomic E-state index is 14.7. The molecule has 0 bridgehead atoms. The Balaban J connectivity index is 1.04. The summed E-state index contributed by atoms with van der Waals surface area (Å²) in [5.74, 6) is -0.613. The molecule has 1 nitrogen and oxygen atoms in total. The molecule has 0 unspecified atom stereocenters. The number of nitrogens with zero attached hydrogens (tertiary/aromatic N) is 1. The second kappa shape index (κ2) is 16.0. The molecule has 1 aliphatic rings. The standard InChI is InChI=1S/C63H41F2N/c64-50-34-30-48(31-35-50)63(49-32-36-51(65)37-33-49)60-27-7-6-23-57(60)59-26-11-24-55(62(59)63)47-19-8-16-44(39-47)46-18-10-21-53(41-46)66(52-20-9-17-45(40-52)42-13-2-1-3-14-42)61-28-12-25-56-54-22-5-4-15-43(54)29-38-58(56)61/h1-41H. The third kappa shape index (κ3) is 6.43. The number of benzene rings is 11. The zero-order chi connectivity index (χ0) is 44.2. The number of fused-ring (bicyclic) bond motifs is 6. The maximum Gasteiger partial charge on any atom is 0.123 e. The molecule has 0 fully saturated rings. The number of hydrogen-bond acceptors (Lipinski definition) is 1. The van der Waals surface area contributed by atoms with Crippen LogP contribution in [0.25, 0.3) is 66.1 Å². The summed E-state index contributed by atoms with van der Waals surface area (Å²) in [6.45, 7) is 0. The molecule has 0 aromatic heterocycles. The summed E-state index contributed by atoms with van der Waals surface area (Å²) in [5, 5.41) is 4.80. The van der Waals surface area contributed by atoms with Crippen molar-refractivity contribution in [2.45, 2.75) is 5.41 Å². The van der Waals surface area contributed by atoms with Gasteiger partial charge in [0.25, 0.3) is 0 Å². The van der Waals surface area contributed by atoms with Gasteiger partial charge in [0.1, 0.15) is 11.6 Å². The van der Waals surface area contributed by atoms with E-state index in [4.69, 9.17) is 0 Å². The van der Waals surface area contributed by atoms with E-state index < -0.39 is 5.41 Å². The van der Waals surface area contributed by atoms with Crippen molar-refractivity contribution in [3.63, 3.8) is 0 Å². The van der Waals surface area contributed by atoms with Crippen LogP contribution >= 0.6 is 0 Å². The smallest absolute Gasteiger partial charge is 0.123 e. The minimum absolute atomic E-state index is 0.306. The van der Waals surface area contributed by atoms with Gasteiger partial charge in [-0.2, -0.15) is 0 Å². The summed E-state index contributed by atoms with van der Waals surface area (Å²) >= 11 is 0. The first kappa shape index (κ1) is 39.2. The van der Waals surface area contributed by atoms with Crippen molar-refractivity contribution >= 4 is 38.6 Å². The van der Waals surface area contributed by atoms with E-state index in [1.165, 1.54) is 45.8 Å². The molecule has 66 heavy (non-hydrogen) atoms. The van der Waals surface area contributed by atoms with Crippen LogP contribution in [0.2, 0.25) is 0 Å². The summed E-state index contributed by atoms with van der Waals surface area (Å²) in [4.78, 5) is 2.39. The van der Waals surface area contributed by atoms with Crippen LogP contribution in [-0.4, -0.2) is 0 Å². The Morgan fingerprint density at radius 1 is 0.318 bits per heavy atom. The molecular formula is C63H41F2N. The van der Waals surface area contributed by atoms with Crippen molar-refractivity contribution in [3.8, 4) is 44.5 Å². The van der Waals surface area contributed by atoms with Gasteiger partial charge in [-0.1, -0.05) is 188 Å². The van der Waals surface area contributed by atoms with Gasteiger partial charge in [0, 0.05) is 16.8 Å². The molecule has 0 aliphatic heterocycles. The second-order valence-electron chi connectivity index (χ2n) is 17.1. The van der Waals surface area contributed by atoms with E-state index in [0.29, 0.717) is 0 Å². The average molecular weight is 850 g/mol. The molecule has 0 saturated carbocycles. The van der Waals surface area contributed by atoms with E-state index in [9.17, 15) is 8.78 Å². The summed E-state index contributed by atoms with van der Waals surface area (Å²) in [5.41, 5.74) is 15.1. The Hall–Kier alpha value is -8.40. The molecule has 0 spiro atoms. The van der Waals surface area contributed by atoms with Gasteiger partial charge in [-0.05, 0) is 144 Å². The molecule has 0 radical (unpaired) electrons. The molecule has 0 atom stereocenters. The monoisotopic (exact) mass is 849 g/mol. The van der Waals surface area contributed by atoms with Crippen molar-refractivity contribution < 1.29 is 8.78 Å². The predicted octanol–water partition coefficient (Wildman–Crippen LogP) is 17.1. The quantitative estimate of drug-likeness (QED) is 0.138. The normalized spacial score (nSPS) is 12.5. The largest absolute Gasteiger partial charge is 0.310 e. The van der Waals surface area contributed by atoms with Crippen LogP contribution in [0.15, 0.2) is 249 Å². The zero-order valence-electron chi connectivity index (χ0n) is 35.9. The number of halogens is 2. The first-order chi connectivity index (χ1) is 32.5. The summed E-state index contributed by atoms with van der Waals surface area (Å²) in [7, 11) is 0. The molecule has 3 heteroatoms. The highest BCUT2D eigenvalue weighted by Crippen LogP contribution is 2.59. The number of anilines is 3. The summed E-state index contributed by atoms with van der Waals surface area (Å²) in [6, 6.07) is 85.2. The van der Waals surface area contributed by atoms with Crippen LogP contribution < -0.4 is 4.90 Å². The molecule has 0 amide bonds. The molecule has 0 heterocycles. The van der Waals surface area contributed by atoms with Gasteiger partial charge in [-0.15, -0.1) is 0 Å². The molecular weight excluding hydrogens is 809 g/mol. The van der Waals surface area contributed by atoms with Crippen molar-refractivity contribution in [3.05, 3.63) is 283 Å². The van der Waals surface area contributed by atoms with Gasteiger partial charge in [0.2, 0.25) is 0 Å². The lowest BCUT2D eigenvalue weighted by atomic mass is 9.66. The van der Waals surface area contributed by atoms with E-state index in [1.54, 1.807) is 0 Å². The molecule has 1 aliphatic carbocycles. The maximum absolute atomic E-state index is 14.7. The third-order valence-electron chi connectivity index (χ3n) is 13.4. The fourth-order valence-corrected chi connectivity index (χ4v) is 10.6. The molecule has 12 rings (SSSR count). The van der Waals surface area contributed by atoms with Gasteiger partial charge in [0.15, 0.2) is 0 Å².